The molecule has 4 rings (SSSR count). The summed E-state index contributed by atoms with van der Waals surface area (Å²) in [5, 5.41) is 0. The van der Waals surface area contributed by atoms with Gasteiger partial charge in [-0.25, -0.2) is 14.8 Å². The highest BCUT2D eigenvalue weighted by atomic mass is 16.6. The van der Waals surface area contributed by atoms with E-state index in [1.54, 1.807) is 12.4 Å². The Bertz CT molecular complexity index is 820. The molecular weight excluding hydrogens is 342 g/mol. The van der Waals surface area contributed by atoms with Crippen LogP contribution in [0.5, 0.6) is 6.01 Å². The summed E-state index contributed by atoms with van der Waals surface area (Å²) < 4.78 is 10.9. The Kier molecular flexibility index (Phi) is 5.05. The minimum Gasteiger partial charge on any atom is -0.464 e. The van der Waals surface area contributed by atoms with Crippen molar-refractivity contribution < 1.29 is 14.3 Å². The zero-order chi connectivity index (χ0) is 18.6. The van der Waals surface area contributed by atoms with E-state index in [2.05, 4.69) is 16.0 Å². The minimum atomic E-state index is -0.232. The van der Waals surface area contributed by atoms with E-state index in [1.807, 2.05) is 42.2 Å². The van der Waals surface area contributed by atoms with Gasteiger partial charge in [0.2, 0.25) is 0 Å². The number of fused-ring (bicyclic) bond motifs is 2. The van der Waals surface area contributed by atoms with Crippen molar-refractivity contribution in [2.75, 3.05) is 6.61 Å². The van der Waals surface area contributed by atoms with Crippen LogP contribution in [-0.4, -0.2) is 39.7 Å². The number of rotatable bonds is 5. The molecule has 1 saturated heterocycles. The van der Waals surface area contributed by atoms with E-state index in [0.29, 0.717) is 19.2 Å². The molecule has 2 aliphatic rings. The maximum absolute atomic E-state index is 12.6. The van der Waals surface area contributed by atoms with Gasteiger partial charge in [0.25, 0.3) is 0 Å². The van der Waals surface area contributed by atoms with Crippen molar-refractivity contribution in [1.82, 2.24) is 14.9 Å². The van der Waals surface area contributed by atoms with Crippen LogP contribution in [0.25, 0.3) is 5.57 Å². The first kappa shape index (κ1) is 17.5. The standard InChI is InChI=1S/C21H23N3O3/c1-2-26-20-22-12-17(13-23-20)16-10-18-8-9-19(11-16)24(18)21(25)27-14-15-6-4-3-5-7-15/h3-7,10,12-13,18-19H,2,8-9,11,14H2,1H3. The van der Waals surface area contributed by atoms with Crippen LogP contribution in [0.1, 0.15) is 37.3 Å². The normalized spacial score (nSPS) is 20.9. The molecule has 2 unspecified atom stereocenters. The summed E-state index contributed by atoms with van der Waals surface area (Å²) >= 11 is 0. The first-order valence-electron chi connectivity index (χ1n) is 9.39. The number of aromatic nitrogens is 2. The van der Waals surface area contributed by atoms with E-state index in [9.17, 15) is 4.79 Å². The lowest BCUT2D eigenvalue weighted by Gasteiger charge is -2.33. The van der Waals surface area contributed by atoms with E-state index >= 15 is 0 Å². The molecule has 0 saturated carbocycles. The first-order chi connectivity index (χ1) is 13.2. The molecule has 0 aliphatic carbocycles. The predicted molar refractivity (Wildman–Crippen MR) is 101 cm³/mol. The lowest BCUT2D eigenvalue weighted by Crippen LogP contribution is -2.43. The third kappa shape index (κ3) is 3.79. The van der Waals surface area contributed by atoms with Gasteiger partial charge in [0.05, 0.1) is 12.6 Å². The third-order valence-electron chi connectivity index (χ3n) is 5.08. The second-order valence-corrected chi connectivity index (χ2v) is 6.83. The van der Waals surface area contributed by atoms with Gasteiger partial charge in [-0.2, -0.15) is 0 Å². The van der Waals surface area contributed by atoms with Gasteiger partial charge in [0.1, 0.15) is 6.61 Å². The maximum atomic E-state index is 12.6. The Balaban J connectivity index is 1.43. The van der Waals surface area contributed by atoms with Crippen molar-refractivity contribution >= 4 is 11.7 Å². The summed E-state index contributed by atoms with van der Waals surface area (Å²) in [5.41, 5.74) is 3.18. The Labute approximate surface area is 158 Å². The van der Waals surface area contributed by atoms with Crippen molar-refractivity contribution in [3.05, 3.63) is 59.9 Å². The summed E-state index contributed by atoms with van der Waals surface area (Å²) in [7, 11) is 0. The Morgan fingerprint density at radius 3 is 2.67 bits per heavy atom. The molecule has 2 aliphatic heterocycles. The van der Waals surface area contributed by atoms with Crippen LogP contribution in [0.3, 0.4) is 0 Å². The molecule has 1 aromatic carbocycles. The molecule has 6 heteroatoms. The SMILES string of the molecule is CCOc1ncc(C2=CC3CCC(C2)N3C(=O)OCc2ccccc2)cn1. The molecule has 27 heavy (non-hydrogen) atoms. The molecule has 2 aromatic rings. The maximum Gasteiger partial charge on any atom is 0.410 e. The van der Waals surface area contributed by atoms with Crippen molar-refractivity contribution in [2.45, 2.75) is 44.9 Å². The lowest BCUT2D eigenvalue weighted by molar-refractivity contribution is 0.0832. The molecular formula is C21H23N3O3. The average Bonchev–Trinajstić information content (AvgIpc) is 2.97. The zero-order valence-electron chi connectivity index (χ0n) is 15.4. The van der Waals surface area contributed by atoms with Crippen molar-refractivity contribution in [3.8, 4) is 6.01 Å². The predicted octanol–water partition coefficient (Wildman–Crippen LogP) is 3.83. The van der Waals surface area contributed by atoms with Crippen LogP contribution in [0.2, 0.25) is 0 Å². The number of carbonyl (C=O) groups excluding carboxylic acids is 1. The van der Waals surface area contributed by atoms with Crippen molar-refractivity contribution in [2.24, 2.45) is 0 Å². The molecule has 0 radical (unpaired) electrons. The van der Waals surface area contributed by atoms with E-state index < -0.39 is 0 Å². The van der Waals surface area contributed by atoms with Crippen LogP contribution in [-0.2, 0) is 11.3 Å². The molecule has 2 atom stereocenters. The Morgan fingerprint density at radius 2 is 1.96 bits per heavy atom. The van der Waals surface area contributed by atoms with E-state index in [0.717, 1.165) is 30.4 Å². The van der Waals surface area contributed by atoms with E-state index in [1.165, 1.54) is 5.57 Å². The molecule has 1 fully saturated rings. The number of nitrogens with zero attached hydrogens (tertiary/aromatic N) is 3. The number of amides is 1. The summed E-state index contributed by atoms with van der Waals surface area (Å²) in [6, 6.07) is 10.4. The van der Waals surface area contributed by atoms with E-state index in [4.69, 9.17) is 9.47 Å². The van der Waals surface area contributed by atoms with Crippen LogP contribution < -0.4 is 4.74 Å². The van der Waals surface area contributed by atoms with Crippen molar-refractivity contribution in [3.63, 3.8) is 0 Å². The van der Waals surface area contributed by atoms with Gasteiger partial charge >= 0.3 is 12.1 Å². The molecule has 6 nitrogen and oxygen atoms in total. The number of hydrogen-bond acceptors (Lipinski definition) is 5. The zero-order valence-corrected chi connectivity index (χ0v) is 15.4. The Hall–Kier alpha value is -2.89. The number of carbonyl (C=O) groups is 1. The number of hydrogen-bond donors (Lipinski definition) is 0. The van der Waals surface area contributed by atoms with Gasteiger partial charge in [-0.3, -0.25) is 4.90 Å². The van der Waals surface area contributed by atoms with Gasteiger partial charge in [-0.1, -0.05) is 36.4 Å². The highest BCUT2D eigenvalue weighted by Crippen LogP contribution is 2.38. The second kappa shape index (κ2) is 7.78. The van der Waals surface area contributed by atoms with Crippen LogP contribution in [0.4, 0.5) is 4.79 Å². The quantitative estimate of drug-likeness (QED) is 0.806. The lowest BCUT2D eigenvalue weighted by atomic mass is 9.97. The van der Waals surface area contributed by atoms with Gasteiger partial charge in [0, 0.05) is 24.0 Å². The molecule has 1 amide bonds. The molecule has 1 aromatic heterocycles. The van der Waals surface area contributed by atoms with Crippen LogP contribution >= 0.6 is 0 Å². The molecule has 0 spiro atoms. The smallest absolute Gasteiger partial charge is 0.410 e. The van der Waals surface area contributed by atoms with Gasteiger partial charge in [-0.15, -0.1) is 0 Å². The second-order valence-electron chi connectivity index (χ2n) is 6.83. The highest BCUT2D eigenvalue weighted by Gasteiger charge is 2.40. The summed E-state index contributed by atoms with van der Waals surface area (Å²) in [6.45, 7) is 2.76. The van der Waals surface area contributed by atoms with Crippen LogP contribution in [0, 0.1) is 0 Å². The monoisotopic (exact) mass is 365 g/mol. The minimum absolute atomic E-state index is 0.0774. The first-order valence-corrected chi connectivity index (χ1v) is 9.39. The van der Waals surface area contributed by atoms with Crippen LogP contribution in [0.15, 0.2) is 48.8 Å². The van der Waals surface area contributed by atoms with Crippen molar-refractivity contribution in [1.29, 1.82) is 0 Å². The van der Waals surface area contributed by atoms with Gasteiger partial charge < -0.3 is 9.47 Å². The topological polar surface area (TPSA) is 64.5 Å². The number of benzene rings is 1. The fourth-order valence-electron chi connectivity index (χ4n) is 3.81. The summed E-state index contributed by atoms with van der Waals surface area (Å²) in [4.78, 5) is 23.0. The fourth-order valence-corrected chi connectivity index (χ4v) is 3.81. The molecule has 2 bridgehead atoms. The average molecular weight is 365 g/mol. The number of ether oxygens (including phenoxy) is 2. The van der Waals surface area contributed by atoms with Gasteiger partial charge in [-0.05, 0) is 37.3 Å². The summed E-state index contributed by atoms with van der Waals surface area (Å²) in [5.74, 6) is 0. The fraction of sp³-hybridized carbons (Fsp3) is 0.381. The molecule has 140 valence electrons. The van der Waals surface area contributed by atoms with Gasteiger partial charge in [0.15, 0.2) is 0 Å². The van der Waals surface area contributed by atoms with E-state index in [-0.39, 0.29) is 18.2 Å². The third-order valence-corrected chi connectivity index (χ3v) is 5.08. The molecule has 3 heterocycles. The summed E-state index contributed by atoms with van der Waals surface area (Å²) in [6.07, 6.45) is 8.28. The highest BCUT2D eigenvalue weighted by molar-refractivity contribution is 5.74. The Morgan fingerprint density at radius 1 is 1.19 bits per heavy atom. The largest absolute Gasteiger partial charge is 0.464 e. The molecule has 0 N–H and O–H groups in total.